The molecule has 2 aromatic heterocycles. The van der Waals surface area contributed by atoms with Crippen LogP contribution in [-0.2, 0) is 6.54 Å². The first-order chi connectivity index (χ1) is 14.8. The minimum atomic E-state index is 0.234. The molecule has 0 atom stereocenters. The third-order valence-corrected chi connectivity index (χ3v) is 4.36. The highest BCUT2D eigenvalue weighted by atomic mass is 16.7. The predicted molar refractivity (Wildman–Crippen MR) is 104 cm³/mol. The van der Waals surface area contributed by atoms with E-state index in [-0.39, 0.29) is 18.6 Å². The van der Waals surface area contributed by atoms with Crippen molar-refractivity contribution in [2.24, 2.45) is 0 Å². The summed E-state index contributed by atoms with van der Waals surface area (Å²) in [5.41, 5.74) is 2.08. The number of aromatic nitrogens is 4. The van der Waals surface area contributed by atoms with Crippen LogP contribution in [0.3, 0.4) is 0 Å². The lowest BCUT2D eigenvalue weighted by atomic mass is 10.2. The molecule has 30 heavy (non-hydrogen) atoms. The number of hydrogen-bond donors (Lipinski definition) is 2. The summed E-state index contributed by atoms with van der Waals surface area (Å²) in [6, 6.07) is 13.2. The standard InChI is InChI=1S/C19H16N6O5/c1-26-13-5-3-12(4-6-13)21-17-16(23-30-25-17)18-22-19(29-24-18)20-9-11-2-7-14-15(8-11)28-10-27-14/h2-8H,9-10H2,1H3,(H,21,25)(H,20,22,24). The maximum atomic E-state index is 5.38. The van der Waals surface area contributed by atoms with Gasteiger partial charge in [-0.05, 0) is 52.3 Å². The summed E-state index contributed by atoms with van der Waals surface area (Å²) in [4.78, 5) is 4.30. The molecule has 4 aromatic rings. The van der Waals surface area contributed by atoms with Crippen LogP contribution in [0.2, 0.25) is 0 Å². The summed E-state index contributed by atoms with van der Waals surface area (Å²) >= 11 is 0. The molecule has 0 saturated carbocycles. The minimum absolute atomic E-state index is 0.234. The highest BCUT2D eigenvalue weighted by molar-refractivity contribution is 5.70. The van der Waals surface area contributed by atoms with Gasteiger partial charge >= 0.3 is 6.01 Å². The smallest absolute Gasteiger partial charge is 0.322 e. The van der Waals surface area contributed by atoms with Gasteiger partial charge < -0.3 is 29.4 Å². The lowest BCUT2D eigenvalue weighted by Gasteiger charge is -2.04. The number of hydrogen-bond acceptors (Lipinski definition) is 11. The number of rotatable bonds is 7. The van der Waals surface area contributed by atoms with Crippen molar-refractivity contribution in [2.75, 3.05) is 24.5 Å². The molecular weight excluding hydrogens is 392 g/mol. The van der Waals surface area contributed by atoms with Gasteiger partial charge in [-0.2, -0.15) is 4.98 Å². The summed E-state index contributed by atoms with van der Waals surface area (Å²) in [5, 5.41) is 17.9. The lowest BCUT2D eigenvalue weighted by molar-refractivity contribution is 0.174. The van der Waals surface area contributed by atoms with Crippen molar-refractivity contribution in [1.82, 2.24) is 20.5 Å². The molecule has 0 radical (unpaired) electrons. The molecule has 1 aliphatic rings. The fourth-order valence-electron chi connectivity index (χ4n) is 2.85. The lowest BCUT2D eigenvalue weighted by Crippen LogP contribution is -1.99. The molecule has 5 rings (SSSR count). The minimum Gasteiger partial charge on any atom is -0.497 e. The van der Waals surface area contributed by atoms with E-state index in [2.05, 4.69) is 31.1 Å². The van der Waals surface area contributed by atoms with Crippen molar-refractivity contribution in [1.29, 1.82) is 0 Å². The molecule has 0 spiro atoms. The molecule has 0 bridgehead atoms. The van der Waals surface area contributed by atoms with Gasteiger partial charge in [-0.25, -0.2) is 4.63 Å². The Morgan fingerprint density at radius 2 is 1.87 bits per heavy atom. The maximum Gasteiger partial charge on any atom is 0.322 e. The van der Waals surface area contributed by atoms with Gasteiger partial charge in [-0.15, -0.1) is 0 Å². The van der Waals surface area contributed by atoms with Crippen LogP contribution >= 0.6 is 0 Å². The van der Waals surface area contributed by atoms with Crippen LogP contribution in [0.15, 0.2) is 51.6 Å². The van der Waals surface area contributed by atoms with E-state index in [4.69, 9.17) is 23.4 Å². The Balaban J connectivity index is 1.27. The van der Waals surface area contributed by atoms with Crippen LogP contribution < -0.4 is 24.8 Å². The zero-order chi connectivity index (χ0) is 20.3. The molecule has 2 aromatic carbocycles. The average molecular weight is 408 g/mol. The molecule has 0 amide bonds. The van der Waals surface area contributed by atoms with Crippen molar-refractivity contribution in [3.8, 4) is 28.8 Å². The number of benzene rings is 2. The molecular formula is C19H16N6O5. The van der Waals surface area contributed by atoms with Crippen LogP contribution in [0.25, 0.3) is 11.5 Å². The van der Waals surface area contributed by atoms with E-state index in [0.29, 0.717) is 23.8 Å². The predicted octanol–water partition coefficient (Wildman–Crippen LogP) is 3.21. The monoisotopic (exact) mass is 408 g/mol. The SMILES string of the molecule is COc1ccc(Nc2nonc2-c2noc(NCc3ccc4c(c3)OCO4)n2)cc1. The quantitative estimate of drug-likeness (QED) is 0.467. The fraction of sp³-hybridized carbons (Fsp3) is 0.158. The van der Waals surface area contributed by atoms with Crippen molar-refractivity contribution in [3.05, 3.63) is 48.0 Å². The van der Waals surface area contributed by atoms with Crippen LogP contribution in [0, 0.1) is 0 Å². The molecule has 152 valence electrons. The Morgan fingerprint density at radius 1 is 1.00 bits per heavy atom. The van der Waals surface area contributed by atoms with E-state index in [1.807, 2.05) is 42.5 Å². The van der Waals surface area contributed by atoms with Gasteiger partial charge in [0.1, 0.15) is 5.75 Å². The average Bonchev–Trinajstić information content (AvgIpc) is 3.53. The van der Waals surface area contributed by atoms with Crippen LogP contribution in [-0.4, -0.2) is 34.4 Å². The first kappa shape index (κ1) is 17.8. The van der Waals surface area contributed by atoms with Crippen molar-refractivity contribution >= 4 is 17.5 Å². The van der Waals surface area contributed by atoms with Crippen LogP contribution in [0.4, 0.5) is 17.5 Å². The normalized spacial score (nSPS) is 12.0. The summed E-state index contributed by atoms with van der Waals surface area (Å²) in [6.07, 6.45) is 0. The number of fused-ring (bicyclic) bond motifs is 1. The van der Waals surface area contributed by atoms with Gasteiger partial charge in [0, 0.05) is 12.2 Å². The summed E-state index contributed by atoms with van der Waals surface area (Å²) in [5.74, 6) is 2.79. The molecule has 1 aliphatic heterocycles. The Bertz CT molecular complexity index is 1160. The zero-order valence-corrected chi connectivity index (χ0v) is 15.8. The summed E-state index contributed by atoms with van der Waals surface area (Å²) < 4.78 is 25.9. The molecule has 11 heteroatoms. The second-order valence-corrected chi connectivity index (χ2v) is 6.28. The second-order valence-electron chi connectivity index (χ2n) is 6.28. The van der Waals surface area contributed by atoms with Gasteiger partial charge in [-0.1, -0.05) is 11.2 Å². The van der Waals surface area contributed by atoms with Crippen LogP contribution in [0.1, 0.15) is 5.56 Å². The van der Waals surface area contributed by atoms with Gasteiger partial charge in [-0.3, -0.25) is 0 Å². The second kappa shape index (κ2) is 7.62. The van der Waals surface area contributed by atoms with E-state index < -0.39 is 0 Å². The molecule has 0 fully saturated rings. The first-order valence-corrected chi connectivity index (χ1v) is 8.98. The molecule has 0 saturated heterocycles. The van der Waals surface area contributed by atoms with Gasteiger partial charge in [0.25, 0.3) is 0 Å². The Morgan fingerprint density at radius 3 is 2.73 bits per heavy atom. The number of ether oxygens (including phenoxy) is 3. The van der Waals surface area contributed by atoms with Gasteiger partial charge in [0.15, 0.2) is 17.2 Å². The summed E-state index contributed by atoms with van der Waals surface area (Å²) in [6.45, 7) is 0.699. The van der Waals surface area contributed by atoms with Crippen molar-refractivity contribution in [3.63, 3.8) is 0 Å². The van der Waals surface area contributed by atoms with Crippen molar-refractivity contribution in [2.45, 2.75) is 6.54 Å². The Hall–Kier alpha value is -4.28. The number of methoxy groups -OCH3 is 1. The van der Waals surface area contributed by atoms with E-state index >= 15 is 0 Å². The first-order valence-electron chi connectivity index (χ1n) is 8.98. The molecule has 11 nitrogen and oxygen atoms in total. The summed E-state index contributed by atoms with van der Waals surface area (Å²) in [7, 11) is 1.61. The number of nitrogens with zero attached hydrogens (tertiary/aromatic N) is 4. The Kier molecular flexibility index (Phi) is 4.52. The fourth-order valence-corrected chi connectivity index (χ4v) is 2.85. The highest BCUT2D eigenvalue weighted by Crippen LogP contribution is 2.33. The molecule has 2 N–H and O–H groups in total. The highest BCUT2D eigenvalue weighted by Gasteiger charge is 2.19. The zero-order valence-electron chi connectivity index (χ0n) is 15.8. The van der Waals surface area contributed by atoms with E-state index in [1.165, 1.54) is 0 Å². The largest absolute Gasteiger partial charge is 0.497 e. The Labute approximate surface area is 169 Å². The van der Waals surface area contributed by atoms with Gasteiger partial charge in [0.2, 0.25) is 18.4 Å². The number of nitrogens with one attached hydrogen (secondary N) is 2. The molecule has 0 unspecified atom stereocenters. The van der Waals surface area contributed by atoms with Crippen LogP contribution in [0.5, 0.6) is 17.2 Å². The van der Waals surface area contributed by atoms with E-state index in [0.717, 1.165) is 22.7 Å². The third kappa shape index (κ3) is 3.55. The maximum absolute atomic E-state index is 5.38. The van der Waals surface area contributed by atoms with E-state index in [1.54, 1.807) is 7.11 Å². The third-order valence-electron chi connectivity index (χ3n) is 4.36. The van der Waals surface area contributed by atoms with E-state index in [9.17, 15) is 0 Å². The molecule has 0 aliphatic carbocycles. The number of anilines is 3. The topological polar surface area (TPSA) is 130 Å². The van der Waals surface area contributed by atoms with Gasteiger partial charge in [0.05, 0.1) is 7.11 Å². The molecule has 3 heterocycles. The van der Waals surface area contributed by atoms with Crippen molar-refractivity contribution < 1.29 is 23.4 Å².